The Bertz CT molecular complexity index is 454. The second-order valence-electron chi connectivity index (χ2n) is 6.34. The van der Waals surface area contributed by atoms with Crippen molar-refractivity contribution in [1.82, 2.24) is 10.3 Å². The standard InChI is InChI=1S/C16H27N3OS/c1-3-8-19(10-12-4-5-12)16-18-14(11-20-2)15(21-16)9-17-13-6-7-13/h12-13,17H,3-11H2,1-2H3. The van der Waals surface area contributed by atoms with Gasteiger partial charge in [-0.1, -0.05) is 6.92 Å². The first-order chi connectivity index (χ1) is 10.3. The quantitative estimate of drug-likeness (QED) is 0.720. The van der Waals surface area contributed by atoms with Gasteiger partial charge in [0.25, 0.3) is 0 Å². The molecule has 0 saturated heterocycles. The highest BCUT2D eigenvalue weighted by Crippen LogP contribution is 2.34. The summed E-state index contributed by atoms with van der Waals surface area (Å²) in [4.78, 5) is 8.72. The highest BCUT2D eigenvalue weighted by atomic mass is 32.1. The first kappa shape index (κ1) is 15.3. The Kier molecular flexibility index (Phi) is 5.14. The zero-order valence-electron chi connectivity index (χ0n) is 13.2. The third-order valence-electron chi connectivity index (χ3n) is 4.12. The van der Waals surface area contributed by atoms with Crippen molar-refractivity contribution >= 4 is 16.5 Å². The van der Waals surface area contributed by atoms with Crippen LogP contribution >= 0.6 is 11.3 Å². The van der Waals surface area contributed by atoms with Crippen LogP contribution in [0, 0.1) is 5.92 Å². The van der Waals surface area contributed by atoms with E-state index in [9.17, 15) is 0 Å². The van der Waals surface area contributed by atoms with Gasteiger partial charge >= 0.3 is 0 Å². The lowest BCUT2D eigenvalue weighted by Crippen LogP contribution is -2.26. The Morgan fingerprint density at radius 1 is 1.33 bits per heavy atom. The van der Waals surface area contributed by atoms with Crippen molar-refractivity contribution in [3.63, 3.8) is 0 Å². The molecule has 2 saturated carbocycles. The molecule has 3 rings (SSSR count). The molecule has 1 N–H and O–H groups in total. The fourth-order valence-electron chi connectivity index (χ4n) is 2.56. The van der Waals surface area contributed by atoms with Crippen molar-refractivity contribution in [1.29, 1.82) is 0 Å². The van der Waals surface area contributed by atoms with E-state index < -0.39 is 0 Å². The van der Waals surface area contributed by atoms with Crippen molar-refractivity contribution in [2.24, 2.45) is 5.92 Å². The Hall–Kier alpha value is -0.650. The molecule has 0 unspecified atom stereocenters. The molecule has 0 atom stereocenters. The first-order valence-corrected chi connectivity index (χ1v) is 9.07. The van der Waals surface area contributed by atoms with Crippen LogP contribution in [-0.2, 0) is 17.9 Å². The molecule has 0 radical (unpaired) electrons. The molecule has 0 bridgehead atoms. The van der Waals surface area contributed by atoms with Gasteiger partial charge < -0.3 is 15.0 Å². The Balaban J connectivity index is 1.70. The molecule has 0 aromatic carbocycles. The number of ether oxygens (including phenoxy) is 1. The molecule has 0 spiro atoms. The summed E-state index contributed by atoms with van der Waals surface area (Å²) in [6.45, 7) is 6.13. The molecular formula is C16H27N3OS. The smallest absolute Gasteiger partial charge is 0.185 e. The maximum atomic E-state index is 5.34. The number of hydrogen-bond donors (Lipinski definition) is 1. The van der Waals surface area contributed by atoms with E-state index in [1.54, 1.807) is 7.11 Å². The monoisotopic (exact) mass is 309 g/mol. The van der Waals surface area contributed by atoms with Crippen LogP contribution in [0.3, 0.4) is 0 Å². The zero-order chi connectivity index (χ0) is 14.7. The van der Waals surface area contributed by atoms with E-state index in [1.807, 2.05) is 11.3 Å². The van der Waals surface area contributed by atoms with E-state index in [0.717, 1.165) is 30.7 Å². The molecule has 1 aromatic heterocycles. The van der Waals surface area contributed by atoms with Crippen molar-refractivity contribution in [3.05, 3.63) is 10.6 Å². The Morgan fingerprint density at radius 2 is 2.14 bits per heavy atom. The van der Waals surface area contributed by atoms with Gasteiger partial charge in [-0.15, -0.1) is 11.3 Å². The van der Waals surface area contributed by atoms with E-state index in [-0.39, 0.29) is 0 Å². The van der Waals surface area contributed by atoms with Gasteiger partial charge in [0.15, 0.2) is 5.13 Å². The molecular weight excluding hydrogens is 282 g/mol. The minimum absolute atomic E-state index is 0.627. The molecule has 2 fully saturated rings. The average Bonchev–Trinajstić information content (AvgIpc) is 3.38. The topological polar surface area (TPSA) is 37.4 Å². The molecule has 0 aliphatic heterocycles. The van der Waals surface area contributed by atoms with Gasteiger partial charge in [0, 0.05) is 37.7 Å². The number of anilines is 1. The van der Waals surface area contributed by atoms with E-state index in [4.69, 9.17) is 9.72 Å². The lowest BCUT2D eigenvalue weighted by molar-refractivity contribution is 0.181. The predicted octanol–water partition coefficient (Wildman–Crippen LogP) is 3.17. The van der Waals surface area contributed by atoms with E-state index in [0.29, 0.717) is 6.61 Å². The van der Waals surface area contributed by atoms with Crippen molar-refractivity contribution in [3.8, 4) is 0 Å². The summed E-state index contributed by atoms with van der Waals surface area (Å²) < 4.78 is 5.34. The van der Waals surface area contributed by atoms with Gasteiger partial charge in [0.05, 0.1) is 12.3 Å². The van der Waals surface area contributed by atoms with Gasteiger partial charge in [0.1, 0.15) is 0 Å². The molecule has 2 aliphatic carbocycles. The maximum Gasteiger partial charge on any atom is 0.185 e. The van der Waals surface area contributed by atoms with Gasteiger partial charge in [0.2, 0.25) is 0 Å². The minimum atomic E-state index is 0.627. The molecule has 0 amide bonds. The van der Waals surface area contributed by atoms with Gasteiger partial charge in [-0.2, -0.15) is 0 Å². The van der Waals surface area contributed by atoms with E-state index >= 15 is 0 Å². The zero-order valence-corrected chi connectivity index (χ0v) is 14.0. The van der Waals surface area contributed by atoms with Crippen LogP contribution in [0.15, 0.2) is 0 Å². The lowest BCUT2D eigenvalue weighted by Gasteiger charge is -2.20. The Morgan fingerprint density at radius 3 is 2.76 bits per heavy atom. The molecule has 2 aliphatic rings. The van der Waals surface area contributed by atoms with Crippen LogP contribution in [0.4, 0.5) is 5.13 Å². The third-order valence-corrected chi connectivity index (χ3v) is 5.27. The summed E-state index contributed by atoms with van der Waals surface area (Å²) in [6, 6.07) is 0.740. The van der Waals surface area contributed by atoms with Gasteiger partial charge in [-0.05, 0) is 38.0 Å². The number of hydrogen-bond acceptors (Lipinski definition) is 5. The fraction of sp³-hybridized carbons (Fsp3) is 0.812. The van der Waals surface area contributed by atoms with Crippen molar-refractivity contribution in [2.75, 3.05) is 25.1 Å². The van der Waals surface area contributed by atoms with Gasteiger partial charge in [-0.25, -0.2) is 4.98 Å². The molecule has 118 valence electrons. The van der Waals surface area contributed by atoms with Crippen LogP contribution in [0.1, 0.15) is 49.6 Å². The number of aromatic nitrogens is 1. The number of nitrogens with zero attached hydrogens (tertiary/aromatic N) is 2. The molecule has 1 aromatic rings. The van der Waals surface area contributed by atoms with E-state index in [1.165, 1.54) is 48.7 Å². The second-order valence-corrected chi connectivity index (χ2v) is 7.41. The largest absolute Gasteiger partial charge is 0.378 e. The first-order valence-electron chi connectivity index (χ1n) is 8.26. The van der Waals surface area contributed by atoms with Crippen LogP contribution in [0.5, 0.6) is 0 Å². The summed E-state index contributed by atoms with van der Waals surface area (Å²) in [5, 5.41) is 4.80. The highest BCUT2D eigenvalue weighted by molar-refractivity contribution is 7.15. The predicted molar refractivity (Wildman–Crippen MR) is 87.9 cm³/mol. The molecule has 5 heteroatoms. The minimum Gasteiger partial charge on any atom is -0.378 e. The molecule has 21 heavy (non-hydrogen) atoms. The average molecular weight is 309 g/mol. The summed E-state index contributed by atoms with van der Waals surface area (Å²) in [5.41, 5.74) is 1.13. The van der Waals surface area contributed by atoms with Crippen molar-refractivity contribution in [2.45, 2.75) is 58.2 Å². The molecule has 4 nitrogen and oxygen atoms in total. The van der Waals surface area contributed by atoms with Crippen LogP contribution in [0.2, 0.25) is 0 Å². The number of nitrogens with one attached hydrogen (secondary N) is 1. The van der Waals surface area contributed by atoms with E-state index in [2.05, 4.69) is 17.1 Å². The van der Waals surface area contributed by atoms with Crippen LogP contribution in [-0.4, -0.2) is 31.2 Å². The van der Waals surface area contributed by atoms with Crippen molar-refractivity contribution < 1.29 is 4.74 Å². The number of rotatable bonds is 10. The highest BCUT2D eigenvalue weighted by Gasteiger charge is 2.26. The summed E-state index contributed by atoms with van der Waals surface area (Å²) in [7, 11) is 1.76. The number of thiazole rings is 1. The van der Waals surface area contributed by atoms with Crippen LogP contribution in [0.25, 0.3) is 0 Å². The fourth-order valence-corrected chi connectivity index (χ4v) is 3.61. The summed E-state index contributed by atoms with van der Waals surface area (Å²) in [5.74, 6) is 0.902. The van der Waals surface area contributed by atoms with Crippen LogP contribution < -0.4 is 10.2 Å². The SMILES string of the molecule is CCCN(CC1CC1)c1nc(COC)c(CNC2CC2)s1. The molecule has 1 heterocycles. The second kappa shape index (κ2) is 7.07. The van der Waals surface area contributed by atoms with Gasteiger partial charge in [-0.3, -0.25) is 0 Å². The lowest BCUT2D eigenvalue weighted by atomic mass is 10.3. The normalized spacial score (nSPS) is 18.2. The maximum absolute atomic E-state index is 5.34. The number of methoxy groups -OCH3 is 1. The summed E-state index contributed by atoms with van der Waals surface area (Å²) >= 11 is 1.86. The summed E-state index contributed by atoms with van der Waals surface area (Å²) in [6.07, 6.45) is 6.63. The Labute approximate surface area is 131 Å². The third kappa shape index (κ3) is 4.41.